The van der Waals surface area contributed by atoms with Crippen molar-refractivity contribution in [2.45, 2.75) is 6.42 Å². The van der Waals surface area contributed by atoms with Crippen LogP contribution in [0.15, 0.2) is 0 Å². The van der Waals surface area contributed by atoms with Crippen LogP contribution in [0.3, 0.4) is 0 Å². The molecule has 0 aromatic carbocycles. The molecule has 0 unspecified atom stereocenters. The van der Waals surface area contributed by atoms with Gasteiger partial charge in [-0.25, -0.2) is 4.98 Å². The molecule has 1 fully saturated rings. The first-order valence-electron chi connectivity index (χ1n) is 6.40. The molecule has 19 heavy (non-hydrogen) atoms. The van der Waals surface area contributed by atoms with Crippen molar-refractivity contribution in [2.75, 3.05) is 58.0 Å². The number of anilines is 2. The number of aromatic nitrogens is 1. The van der Waals surface area contributed by atoms with Crippen LogP contribution in [0.1, 0.15) is 16.1 Å². The highest BCUT2D eigenvalue weighted by Crippen LogP contribution is 2.28. The fourth-order valence-electron chi connectivity index (χ4n) is 2.06. The van der Waals surface area contributed by atoms with Gasteiger partial charge in [0.15, 0.2) is 5.13 Å². The Kier molecular flexibility index (Phi) is 4.26. The molecule has 0 aliphatic carbocycles. The quantitative estimate of drug-likeness (QED) is 0.859. The number of carbonyl (C=O) groups excluding carboxylic acids is 1. The molecular weight excluding hydrogens is 262 g/mol. The molecular formula is C12H21N5OS. The van der Waals surface area contributed by atoms with Crippen LogP contribution in [0, 0.1) is 0 Å². The van der Waals surface area contributed by atoms with Gasteiger partial charge in [-0.1, -0.05) is 11.3 Å². The number of thiazole rings is 1. The van der Waals surface area contributed by atoms with Crippen molar-refractivity contribution in [2.24, 2.45) is 0 Å². The maximum atomic E-state index is 12.5. The second-order valence-electron chi connectivity index (χ2n) is 5.05. The SMILES string of the molecule is CN1CCCN(C(=O)c2sc(N(C)C)nc2N)CC1. The van der Waals surface area contributed by atoms with E-state index < -0.39 is 0 Å². The maximum Gasteiger partial charge on any atom is 0.267 e. The molecule has 2 heterocycles. The summed E-state index contributed by atoms with van der Waals surface area (Å²) in [4.78, 5) is 23.3. The van der Waals surface area contributed by atoms with Crippen LogP contribution in [0.5, 0.6) is 0 Å². The van der Waals surface area contributed by atoms with E-state index in [1.54, 1.807) is 0 Å². The van der Waals surface area contributed by atoms with Crippen molar-refractivity contribution in [3.8, 4) is 0 Å². The summed E-state index contributed by atoms with van der Waals surface area (Å²) in [5.74, 6) is 0.356. The Bertz CT molecular complexity index is 459. The lowest BCUT2D eigenvalue weighted by Gasteiger charge is -2.19. The molecule has 0 bridgehead atoms. The number of hydrogen-bond acceptors (Lipinski definition) is 6. The zero-order chi connectivity index (χ0) is 14.0. The average Bonchev–Trinajstić information content (AvgIpc) is 2.61. The van der Waals surface area contributed by atoms with Crippen molar-refractivity contribution < 1.29 is 4.79 Å². The zero-order valence-corrected chi connectivity index (χ0v) is 12.5. The van der Waals surface area contributed by atoms with E-state index in [-0.39, 0.29) is 5.91 Å². The van der Waals surface area contributed by atoms with Gasteiger partial charge in [-0.05, 0) is 20.0 Å². The lowest BCUT2D eigenvalue weighted by atomic mass is 10.3. The van der Waals surface area contributed by atoms with Gasteiger partial charge >= 0.3 is 0 Å². The second-order valence-corrected chi connectivity index (χ2v) is 6.03. The summed E-state index contributed by atoms with van der Waals surface area (Å²) in [6.07, 6.45) is 1.00. The van der Waals surface area contributed by atoms with Crippen LogP contribution in [0.4, 0.5) is 10.9 Å². The van der Waals surface area contributed by atoms with Gasteiger partial charge in [0.05, 0.1) is 0 Å². The highest BCUT2D eigenvalue weighted by Gasteiger charge is 2.24. The highest BCUT2D eigenvalue weighted by atomic mass is 32.1. The van der Waals surface area contributed by atoms with Gasteiger partial charge in [-0.15, -0.1) is 0 Å². The molecule has 1 aromatic heterocycles. The number of hydrogen-bond donors (Lipinski definition) is 1. The third kappa shape index (κ3) is 3.16. The number of nitrogen functional groups attached to an aromatic ring is 1. The van der Waals surface area contributed by atoms with Crippen molar-refractivity contribution in [3.63, 3.8) is 0 Å². The number of carbonyl (C=O) groups is 1. The zero-order valence-electron chi connectivity index (χ0n) is 11.7. The number of rotatable bonds is 2. The van der Waals surface area contributed by atoms with E-state index in [0.29, 0.717) is 10.7 Å². The summed E-state index contributed by atoms with van der Waals surface area (Å²) in [6.45, 7) is 3.48. The summed E-state index contributed by atoms with van der Waals surface area (Å²) >= 11 is 1.36. The highest BCUT2D eigenvalue weighted by molar-refractivity contribution is 7.18. The van der Waals surface area contributed by atoms with Gasteiger partial charge in [0, 0.05) is 33.7 Å². The number of nitrogens with zero attached hydrogens (tertiary/aromatic N) is 4. The topological polar surface area (TPSA) is 65.7 Å². The minimum Gasteiger partial charge on any atom is -0.382 e. The number of amides is 1. The Morgan fingerprint density at radius 3 is 2.68 bits per heavy atom. The molecule has 2 rings (SSSR count). The fourth-order valence-corrected chi connectivity index (χ4v) is 2.93. The normalized spacial score (nSPS) is 17.3. The first kappa shape index (κ1) is 14.1. The van der Waals surface area contributed by atoms with Crippen LogP contribution < -0.4 is 10.6 Å². The molecule has 0 atom stereocenters. The second kappa shape index (κ2) is 5.75. The maximum absolute atomic E-state index is 12.5. The molecule has 2 N–H and O–H groups in total. The Morgan fingerprint density at radius 1 is 1.32 bits per heavy atom. The smallest absolute Gasteiger partial charge is 0.267 e. The molecule has 0 spiro atoms. The van der Waals surface area contributed by atoms with Gasteiger partial charge < -0.3 is 20.4 Å². The summed E-state index contributed by atoms with van der Waals surface area (Å²) < 4.78 is 0. The molecule has 0 radical (unpaired) electrons. The van der Waals surface area contributed by atoms with Gasteiger partial charge in [0.1, 0.15) is 10.7 Å². The van der Waals surface area contributed by atoms with Crippen molar-refractivity contribution in [1.82, 2.24) is 14.8 Å². The van der Waals surface area contributed by atoms with E-state index in [9.17, 15) is 4.79 Å². The summed E-state index contributed by atoms with van der Waals surface area (Å²) in [7, 11) is 5.88. The molecule has 1 aliphatic heterocycles. The molecule has 0 saturated carbocycles. The molecule has 1 saturated heterocycles. The Labute approximate surface area is 117 Å². The van der Waals surface area contributed by atoms with Gasteiger partial charge in [-0.3, -0.25) is 4.79 Å². The van der Waals surface area contributed by atoms with E-state index in [0.717, 1.165) is 37.7 Å². The summed E-state index contributed by atoms with van der Waals surface area (Å²) in [5, 5.41) is 0.771. The number of nitrogens with two attached hydrogens (primary N) is 1. The Balaban J connectivity index is 2.14. The summed E-state index contributed by atoms with van der Waals surface area (Å²) in [6, 6.07) is 0. The van der Waals surface area contributed by atoms with Crippen molar-refractivity contribution in [1.29, 1.82) is 0 Å². The third-order valence-electron chi connectivity index (χ3n) is 3.23. The first-order valence-corrected chi connectivity index (χ1v) is 7.22. The minimum atomic E-state index is 0.0124. The predicted octanol–water partition coefficient (Wildman–Crippen LogP) is 0.569. The van der Waals surface area contributed by atoms with E-state index >= 15 is 0 Å². The fraction of sp³-hybridized carbons (Fsp3) is 0.667. The van der Waals surface area contributed by atoms with E-state index in [1.165, 1.54) is 11.3 Å². The standard InChI is InChI=1S/C12H21N5OS/c1-15(2)12-14-10(13)9(19-12)11(18)17-6-4-5-16(3)7-8-17/h4-8,13H2,1-3H3. The Morgan fingerprint density at radius 2 is 2.05 bits per heavy atom. The minimum absolute atomic E-state index is 0.0124. The van der Waals surface area contributed by atoms with Crippen LogP contribution >= 0.6 is 11.3 Å². The summed E-state index contributed by atoms with van der Waals surface area (Å²) in [5.41, 5.74) is 5.87. The molecule has 1 amide bonds. The largest absolute Gasteiger partial charge is 0.382 e. The van der Waals surface area contributed by atoms with Crippen molar-refractivity contribution in [3.05, 3.63) is 4.88 Å². The van der Waals surface area contributed by atoms with Crippen LogP contribution in [-0.2, 0) is 0 Å². The first-order chi connectivity index (χ1) is 8.99. The molecule has 106 valence electrons. The molecule has 7 heteroatoms. The molecule has 6 nitrogen and oxygen atoms in total. The molecule has 1 aliphatic rings. The third-order valence-corrected chi connectivity index (χ3v) is 4.45. The average molecular weight is 283 g/mol. The van der Waals surface area contributed by atoms with Gasteiger partial charge in [-0.2, -0.15) is 0 Å². The van der Waals surface area contributed by atoms with Crippen LogP contribution in [-0.4, -0.2) is 68.0 Å². The van der Waals surface area contributed by atoms with E-state index in [1.807, 2.05) is 23.9 Å². The van der Waals surface area contributed by atoms with Gasteiger partial charge in [0.25, 0.3) is 5.91 Å². The van der Waals surface area contributed by atoms with E-state index in [4.69, 9.17) is 5.73 Å². The lowest BCUT2D eigenvalue weighted by molar-refractivity contribution is 0.0768. The van der Waals surface area contributed by atoms with Crippen molar-refractivity contribution >= 4 is 28.2 Å². The monoisotopic (exact) mass is 283 g/mol. The predicted molar refractivity (Wildman–Crippen MR) is 78.9 cm³/mol. The van der Waals surface area contributed by atoms with Gasteiger partial charge in [0.2, 0.25) is 0 Å². The lowest BCUT2D eigenvalue weighted by Crippen LogP contribution is -2.34. The number of likely N-dealkylation sites (N-methyl/N-ethyl adjacent to an activating group) is 1. The molecule has 1 aromatic rings. The van der Waals surface area contributed by atoms with E-state index in [2.05, 4.69) is 16.9 Å². The van der Waals surface area contributed by atoms with Crippen LogP contribution in [0.25, 0.3) is 0 Å². The van der Waals surface area contributed by atoms with Crippen LogP contribution in [0.2, 0.25) is 0 Å². The Hall–Kier alpha value is -1.34.